The number of hydrogen-bond donors (Lipinski definition) is 1. The Hall–Kier alpha value is -2.36. The largest absolute Gasteiger partial charge is 0.326 e. The fourth-order valence-electron chi connectivity index (χ4n) is 2.27. The van der Waals surface area contributed by atoms with Crippen molar-refractivity contribution in [2.24, 2.45) is 0 Å². The van der Waals surface area contributed by atoms with Gasteiger partial charge in [0.1, 0.15) is 0 Å². The molecule has 3 rings (SSSR count). The van der Waals surface area contributed by atoms with Gasteiger partial charge in [-0.3, -0.25) is 4.79 Å². The van der Waals surface area contributed by atoms with Crippen LogP contribution in [-0.4, -0.2) is 15.5 Å². The maximum Gasteiger partial charge on any atom is 0.224 e. The van der Waals surface area contributed by atoms with Crippen LogP contribution >= 0.6 is 0 Å². The number of aromatic nitrogens is 2. The van der Waals surface area contributed by atoms with Gasteiger partial charge in [-0.15, -0.1) is 0 Å². The van der Waals surface area contributed by atoms with Gasteiger partial charge in [0.2, 0.25) is 5.91 Å². The van der Waals surface area contributed by atoms with Crippen molar-refractivity contribution in [2.75, 3.05) is 5.32 Å². The predicted molar refractivity (Wildman–Crippen MR) is 75.5 cm³/mol. The minimum Gasteiger partial charge on any atom is -0.326 e. The number of aryl methyl sites for hydroxylation is 1. The quantitative estimate of drug-likeness (QED) is 0.894. The Bertz CT molecular complexity index is 641. The molecule has 0 aliphatic carbocycles. The number of nitrogens with one attached hydrogen (secondary N) is 1. The number of rotatable bonds is 2. The van der Waals surface area contributed by atoms with E-state index in [1.165, 1.54) is 11.1 Å². The van der Waals surface area contributed by atoms with E-state index in [0.29, 0.717) is 6.42 Å². The molecule has 1 aromatic heterocycles. The number of imidazole rings is 1. The van der Waals surface area contributed by atoms with Crippen molar-refractivity contribution in [3.8, 4) is 0 Å². The lowest BCUT2D eigenvalue weighted by Crippen LogP contribution is -2.18. The van der Waals surface area contributed by atoms with Crippen molar-refractivity contribution in [3.63, 3.8) is 0 Å². The lowest BCUT2D eigenvalue weighted by Gasteiger charge is -2.17. The van der Waals surface area contributed by atoms with E-state index < -0.39 is 0 Å². The SMILES string of the molecule is C/C(=C\n1ccnc1)c1ccc2c(c1)CCC(=O)N2. The smallest absolute Gasteiger partial charge is 0.224 e. The van der Waals surface area contributed by atoms with Gasteiger partial charge in [-0.2, -0.15) is 0 Å². The number of allylic oxidation sites excluding steroid dienone is 1. The second-order valence-electron chi connectivity index (χ2n) is 4.74. The van der Waals surface area contributed by atoms with E-state index in [0.717, 1.165) is 17.7 Å². The number of hydrogen-bond acceptors (Lipinski definition) is 2. The lowest BCUT2D eigenvalue weighted by atomic mass is 9.98. The number of nitrogens with zero attached hydrogens (tertiary/aromatic N) is 2. The van der Waals surface area contributed by atoms with Crippen molar-refractivity contribution < 1.29 is 4.79 Å². The zero-order chi connectivity index (χ0) is 13.2. The first kappa shape index (κ1) is 11.7. The molecule has 0 saturated heterocycles. The van der Waals surface area contributed by atoms with Gasteiger partial charge < -0.3 is 9.88 Å². The Morgan fingerprint density at radius 2 is 2.32 bits per heavy atom. The highest BCUT2D eigenvalue weighted by atomic mass is 16.1. The van der Waals surface area contributed by atoms with Crippen LogP contribution in [0.2, 0.25) is 0 Å². The summed E-state index contributed by atoms with van der Waals surface area (Å²) in [6, 6.07) is 6.16. The van der Waals surface area contributed by atoms with E-state index in [-0.39, 0.29) is 5.91 Å². The number of fused-ring (bicyclic) bond motifs is 1. The van der Waals surface area contributed by atoms with Crippen LogP contribution in [0.4, 0.5) is 5.69 Å². The van der Waals surface area contributed by atoms with Gasteiger partial charge in [0.15, 0.2) is 0 Å². The molecule has 2 heterocycles. The van der Waals surface area contributed by atoms with Crippen LogP contribution < -0.4 is 5.32 Å². The zero-order valence-corrected chi connectivity index (χ0v) is 10.8. The van der Waals surface area contributed by atoms with E-state index in [4.69, 9.17) is 0 Å². The molecule has 0 radical (unpaired) electrons. The summed E-state index contributed by atoms with van der Waals surface area (Å²) >= 11 is 0. The molecule has 0 spiro atoms. The molecule has 4 nitrogen and oxygen atoms in total. The third kappa shape index (κ3) is 2.42. The summed E-state index contributed by atoms with van der Waals surface area (Å²) in [5, 5.41) is 2.90. The Balaban J connectivity index is 1.92. The molecule has 1 aromatic carbocycles. The molecule has 0 bridgehead atoms. The average Bonchev–Trinajstić information content (AvgIpc) is 2.91. The minimum absolute atomic E-state index is 0.103. The highest BCUT2D eigenvalue weighted by molar-refractivity contribution is 5.94. The number of benzene rings is 1. The van der Waals surface area contributed by atoms with Gasteiger partial charge in [-0.1, -0.05) is 6.07 Å². The standard InChI is InChI=1S/C15H15N3O/c1-11(9-18-7-6-16-10-18)12-2-4-14-13(8-12)3-5-15(19)17-14/h2,4,6-10H,3,5H2,1H3,(H,17,19)/b11-9+. The maximum absolute atomic E-state index is 11.3. The summed E-state index contributed by atoms with van der Waals surface area (Å²) in [6.45, 7) is 2.07. The van der Waals surface area contributed by atoms with Crippen LogP contribution in [0.1, 0.15) is 24.5 Å². The van der Waals surface area contributed by atoms with Crippen LogP contribution in [0.25, 0.3) is 11.8 Å². The van der Waals surface area contributed by atoms with Crippen molar-refractivity contribution in [2.45, 2.75) is 19.8 Å². The van der Waals surface area contributed by atoms with Crippen LogP contribution in [0.3, 0.4) is 0 Å². The second-order valence-corrected chi connectivity index (χ2v) is 4.74. The molecule has 0 atom stereocenters. The third-order valence-corrected chi connectivity index (χ3v) is 3.32. The molecule has 96 valence electrons. The Kier molecular flexibility index (Phi) is 2.91. The lowest BCUT2D eigenvalue weighted by molar-refractivity contribution is -0.116. The Labute approximate surface area is 111 Å². The monoisotopic (exact) mass is 253 g/mol. The number of amides is 1. The van der Waals surface area contributed by atoms with E-state index in [1.807, 2.05) is 29.1 Å². The summed E-state index contributed by atoms with van der Waals surface area (Å²) in [5.74, 6) is 0.103. The Morgan fingerprint density at radius 3 is 3.11 bits per heavy atom. The fraction of sp³-hybridized carbons (Fsp3) is 0.200. The highest BCUT2D eigenvalue weighted by Crippen LogP contribution is 2.26. The van der Waals surface area contributed by atoms with Gasteiger partial charge >= 0.3 is 0 Å². The highest BCUT2D eigenvalue weighted by Gasteiger charge is 2.14. The summed E-state index contributed by atoms with van der Waals surface area (Å²) in [6.07, 6.45) is 8.85. The van der Waals surface area contributed by atoms with Crippen LogP contribution in [0.15, 0.2) is 36.9 Å². The van der Waals surface area contributed by atoms with E-state index in [1.54, 1.807) is 12.5 Å². The molecule has 1 aliphatic rings. The summed E-state index contributed by atoms with van der Waals surface area (Å²) in [5.41, 5.74) is 4.48. The average molecular weight is 253 g/mol. The first-order valence-corrected chi connectivity index (χ1v) is 6.31. The molecular formula is C15H15N3O. The zero-order valence-electron chi connectivity index (χ0n) is 10.8. The van der Waals surface area contributed by atoms with Crippen LogP contribution in [-0.2, 0) is 11.2 Å². The van der Waals surface area contributed by atoms with Gasteiger partial charge in [0.25, 0.3) is 0 Å². The molecule has 2 aromatic rings. The molecule has 1 aliphatic heterocycles. The van der Waals surface area contributed by atoms with Crippen molar-refractivity contribution in [1.82, 2.24) is 9.55 Å². The van der Waals surface area contributed by atoms with E-state index >= 15 is 0 Å². The number of carbonyl (C=O) groups is 1. The maximum atomic E-state index is 11.3. The summed E-state index contributed by atoms with van der Waals surface area (Å²) < 4.78 is 1.93. The van der Waals surface area contributed by atoms with E-state index in [2.05, 4.69) is 23.3 Å². The molecule has 4 heteroatoms. The Morgan fingerprint density at radius 1 is 1.42 bits per heavy atom. The summed E-state index contributed by atoms with van der Waals surface area (Å²) in [4.78, 5) is 15.3. The topological polar surface area (TPSA) is 46.9 Å². The van der Waals surface area contributed by atoms with Crippen molar-refractivity contribution in [1.29, 1.82) is 0 Å². The molecule has 1 amide bonds. The molecule has 19 heavy (non-hydrogen) atoms. The number of carbonyl (C=O) groups excluding carboxylic acids is 1. The number of anilines is 1. The van der Waals surface area contributed by atoms with Crippen LogP contribution in [0.5, 0.6) is 0 Å². The van der Waals surface area contributed by atoms with Gasteiger partial charge in [0.05, 0.1) is 6.33 Å². The third-order valence-electron chi connectivity index (χ3n) is 3.32. The first-order chi connectivity index (χ1) is 9.22. The van der Waals surface area contributed by atoms with Crippen molar-refractivity contribution >= 4 is 23.4 Å². The predicted octanol–water partition coefficient (Wildman–Crippen LogP) is 2.79. The van der Waals surface area contributed by atoms with E-state index in [9.17, 15) is 4.79 Å². The van der Waals surface area contributed by atoms with Crippen molar-refractivity contribution in [3.05, 3.63) is 48.0 Å². The molecule has 0 unspecified atom stereocenters. The molecule has 0 saturated carbocycles. The fourth-order valence-corrected chi connectivity index (χ4v) is 2.27. The van der Waals surface area contributed by atoms with Gasteiger partial charge in [-0.25, -0.2) is 4.98 Å². The molecule has 0 fully saturated rings. The molecular weight excluding hydrogens is 238 g/mol. The minimum atomic E-state index is 0.103. The first-order valence-electron chi connectivity index (χ1n) is 6.31. The summed E-state index contributed by atoms with van der Waals surface area (Å²) in [7, 11) is 0. The van der Waals surface area contributed by atoms with Gasteiger partial charge in [0, 0.05) is 30.7 Å². The second kappa shape index (κ2) is 4.72. The van der Waals surface area contributed by atoms with Gasteiger partial charge in [-0.05, 0) is 42.2 Å². The van der Waals surface area contributed by atoms with Crippen LogP contribution in [0, 0.1) is 0 Å². The molecule has 1 N–H and O–H groups in total. The normalized spacial score (nSPS) is 15.0.